The molecule has 6 nitrogen and oxygen atoms in total. The van der Waals surface area contributed by atoms with Crippen molar-refractivity contribution in [2.75, 3.05) is 5.32 Å². The molecule has 7 heteroatoms. The van der Waals surface area contributed by atoms with E-state index in [2.05, 4.69) is 10.3 Å². The number of fused-ring (bicyclic) bond motifs is 1. The number of carboxylic acid groups (broad SMARTS) is 1. The van der Waals surface area contributed by atoms with Crippen LogP contribution in [0.15, 0.2) is 42.6 Å². The molecule has 2 aromatic heterocycles. The molecule has 2 N–H and O–H groups in total. The van der Waals surface area contributed by atoms with Crippen molar-refractivity contribution in [3.05, 3.63) is 64.6 Å². The van der Waals surface area contributed by atoms with Gasteiger partial charge in [-0.1, -0.05) is 17.7 Å². The van der Waals surface area contributed by atoms with Crippen LogP contribution in [0.25, 0.3) is 5.65 Å². The van der Waals surface area contributed by atoms with E-state index in [1.165, 1.54) is 12.1 Å². The standard InChI is InChI=1S/C16H12ClN3O3/c1-9-14(20-7-3-2-4-13(20)18-9)15(21)19-10-5-6-12(17)11(8-10)16(22)23/h2-8H,1H3,(H,19,21)(H,22,23). The van der Waals surface area contributed by atoms with Crippen LogP contribution in [0.1, 0.15) is 26.5 Å². The van der Waals surface area contributed by atoms with Crippen LogP contribution in [0.2, 0.25) is 5.02 Å². The zero-order valence-corrected chi connectivity index (χ0v) is 12.8. The molecular formula is C16H12ClN3O3. The first-order valence-corrected chi connectivity index (χ1v) is 7.13. The molecule has 3 aromatic rings. The first kappa shape index (κ1) is 15.1. The molecule has 1 aromatic carbocycles. The van der Waals surface area contributed by atoms with Gasteiger partial charge >= 0.3 is 5.97 Å². The number of carboxylic acids is 1. The number of imidazole rings is 1. The number of halogens is 1. The van der Waals surface area contributed by atoms with Gasteiger partial charge in [0.15, 0.2) is 0 Å². The van der Waals surface area contributed by atoms with E-state index in [4.69, 9.17) is 16.7 Å². The molecule has 23 heavy (non-hydrogen) atoms. The van der Waals surface area contributed by atoms with E-state index in [1.807, 2.05) is 6.07 Å². The van der Waals surface area contributed by atoms with Crippen LogP contribution in [0.3, 0.4) is 0 Å². The number of nitrogens with zero attached hydrogens (tertiary/aromatic N) is 2. The monoisotopic (exact) mass is 329 g/mol. The minimum Gasteiger partial charge on any atom is -0.478 e. The van der Waals surface area contributed by atoms with Crippen molar-refractivity contribution in [2.24, 2.45) is 0 Å². The maximum atomic E-state index is 12.5. The average molecular weight is 330 g/mol. The Morgan fingerprint density at radius 1 is 1.26 bits per heavy atom. The predicted molar refractivity (Wildman–Crippen MR) is 86.3 cm³/mol. The van der Waals surface area contributed by atoms with E-state index in [1.54, 1.807) is 35.7 Å². The molecule has 0 radical (unpaired) electrons. The van der Waals surface area contributed by atoms with Crippen molar-refractivity contribution in [1.29, 1.82) is 0 Å². The molecule has 1 amide bonds. The Labute approximate surface area is 136 Å². The van der Waals surface area contributed by atoms with Gasteiger partial charge in [0.25, 0.3) is 5.91 Å². The van der Waals surface area contributed by atoms with Crippen molar-refractivity contribution in [3.63, 3.8) is 0 Å². The number of nitrogens with one attached hydrogen (secondary N) is 1. The zero-order chi connectivity index (χ0) is 16.6. The molecule has 0 atom stereocenters. The van der Waals surface area contributed by atoms with Crippen LogP contribution in [-0.4, -0.2) is 26.4 Å². The number of carbonyl (C=O) groups excluding carboxylic acids is 1. The van der Waals surface area contributed by atoms with Crippen LogP contribution >= 0.6 is 11.6 Å². The Balaban J connectivity index is 1.97. The topological polar surface area (TPSA) is 83.7 Å². The van der Waals surface area contributed by atoms with Crippen LogP contribution < -0.4 is 5.32 Å². The summed E-state index contributed by atoms with van der Waals surface area (Å²) in [7, 11) is 0. The third kappa shape index (κ3) is 2.76. The van der Waals surface area contributed by atoms with E-state index in [-0.39, 0.29) is 16.5 Å². The third-order valence-corrected chi connectivity index (χ3v) is 3.70. The maximum absolute atomic E-state index is 12.5. The summed E-state index contributed by atoms with van der Waals surface area (Å²) in [4.78, 5) is 28.0. The number of aromatic nitrogens is 2. The summed E-state index contributed by atoms with van der Waals surface area (Å²) in [5, 5.41) is 11.9. The molecular weight excluding hydrogens is 318 g/mol. The zero-order valence-electron chi connectivity index (χ0n) is 12.1. The summed E-state index contributed by atoms with van der Waals surface area (Å²) in [6.07, 6.45) is 1.74. The second-order valence-electron chi connectivity index (χ2n) is 4.93. The molecule has 0 saturated heterocycles. The summed E-state index contributed by atoms with van der Waals surface area (Å²) in [6, 6.07) is 9.74. The number of rotatable bonds is 3. The van der Waals surface area contributed by atoms with Crippen molar-refractivity contribution < 1.29 is 14.7 Å². The first-order chi connectivity index (χ1) is 11.0. The minimum absolute atomic E-state index is 0.0701. The van der Waals surface area contributed by atoms with Crippen molar-refractivity contribution >= 4 is 34.8 Å². The van der Waals surface area contributed by atoms with Gasteiger partial charge in [0.05, 0.1) is 16.3 Å². The number of hydrogen-bond donors (Lipinski definition) is 2. The lowest BCUT2D eigenvalue weighted by Crippen LogP contribution is -2.16. The van der Waals surface area contributed by atoms with Gasteiger partial charge in [0.1, 0.15) is 11.3 Å². The van der Waals surface area contributed by atoms with E-state index in [0.29, 0.717) is 22.7 Å². The first-order valence-electron chi connectivity index (χ1n) is 6.75. The fraction of sp³-hybridized carbons (Fsp3) is 0.0625. The van der Waals surface area contributed by atoms with Crippen LogP contribution in [-0.2, 0) is 0 Å². The fourth-order valence-electron chi connectivity index (χ4n) is 2.34. The molecule has 0 aliphatic carbocycles. The predicted octanol–water partition coefficient (Wildman–Crippen LogP) is 3.25. The number of aryl methyl sites for hydroxylation is 1. The highest BCUT2D eigenvalue weighted by Crippen LogP contribution is 2.21. The Morgan fingerprint density at radius 2 is 2.04 bits per heavy atom. The molecule has 0 aliphatic rings. The largest absolute Gasteiger partial charge is 0.478 e. The summed E-state index contributed by atoms with van der Waals surface area (Å²) in [5.41, 5.74) is 1.92. The quantitative estimate of drug-likeness (QED) is 0.772. The minimum atomic E-state index is -1.16. The molecule has 0 bridgehead atoms. The molecule has 0 fully saturated rings. The molecule has 116 valence electrons. The van der Waals surface area contributed by atoms with Crippen LogP contribution in [0.4, 0.5) is 5.69 Å². The number of hydrogen-bond acceptors (Lipinski definition) is 3. The van der Waals surface area contributed by atoms with Crippen LogP contribution in [0, 0.1) is 6.92 Å². The third-order valence-electron chi connectivity index (χ3n) is 3.37. The van der Waals surface area contributed by atoms with Crippen molar-refractivity contribution in [1.82, 2.24) is 9.38 Å². The van der Waals surface area contributed by atoms with Gasteiger partial charge in [-0.2, -0.15) is 0 Å². The van der Waals surface area contributed by atoms with Crippen molar-refractivity contribution in [3.8, 4) is 0 Å². The normalized spacial score (nSPS) is 10.7. The molecule has 0 saturated carbocycles. The van der Waals surface area contributed by atoms with E-state index in [0.717, 1.165) is 0 Å². The fourth-order valence-corrected chi connectivity index (χ4v) is 2.54. The summed E-state index contributed by atoms with van der Waals surface area (Å²) >= 11 is 5.82. The Bertz CT molecular complexity index is 933. The van der Waals surface area contributed by atoms with E-state index in [9.17, 15) is 9.59 Å². The molecule has 0 spiro atoms. The highest BCUT2D eigenvalue weighted by molar-refractivity contribution is 6.33. The lowest BCUT2D eigenvalue weighted by molar-refractivity contribution is 0.0696. The number of benzene rings is 1. The van der Waals surface area contributed by atoms with Gasteiger partial charge in [0.2, 0.25) is 0 Å². The Hall–Kier alpha value is -2.86. The van der Waals surface area contributed by atoms with Gasteiger partial charge in [-0.15, -0.1) is 0 Å². The number of amides is 1. The Morgan fingerprint density at radius 3 is 2.78 bits per heavy atom. The average Bonchev–Trinajstić information content (AvgIpc) is 2.84. The number of pyridine rings is 1. The molecule has 3 rings (SSSR count). The van der Waals surface area contributed by atoms with Gasteiger partial charge < -0.3 is 10.4 Å². The van der Waals surface area contributed by atoms with E-state index < -0.39 is 5.97 Å². The highest BCUT2D eigenvalue weighted by Gasteiger charge is 2.17. The molecule has 2 heterocycles. The van der Waals surface area contributed by atoms with E-state index >= 15 is 0 Å². The number of carbonyl (C=O) groups is 2. The SMILES string of the molecule is Cc1nc2ccccn2c1C(=O)Nc1ccc(Cl)c(C(=O)O)c1. The van der Waals surface area contributed by atoms with Gasteiger partial charge in [-0.05, 0) is 37.3 Å². The van der Waals surface area contributed by atoms with Gasteiger partial charge in [-0.3, -0.25) is 9.20 Å². The molecule has 0 aliphatic heterocycles. The second kappa shape index (κ2) is 5.73. The van der Waals surface area contributed by atoms with Crippen LogP contribution in [0.5, 0.6) is 0 Å². The second-order valence-corrected chi connectivity index (χ2v) is 5.34. The number of aromatic carboxylic acids is 1. The summed E-state index contributed by atoms with van der Waals surface area (Å²) in [6.45, 7) is 1.74. The Kier molecular flexibility index (Phi) is 3.75. The molecule has 0 unspecified atom stereocenters. The number of anilines is 1. The lowest BCUT2D eigenvalue weighted by Gasteiger charge is -2.08. The highest BCUT2D eigenvalue weighted by atomic mass is 35.5. The smallest absolute Gasteiger partial charge is 0.337 e. The lowest BCUT2D eigenvalue weighted by atomic mass is 10.2. The van der Waals surface area contributed by atoms with Gasteiger partial charge in [0, 0.05) is 11.9 Å². The summed E-state index contributed by atoms with van der Waals surface area (Å²) < 4.78 is 1.68. The summed E-state index contributed by atoms with van der Waals surface area (Å²) in [5.74, 6) is -1.53. The van der Waals surface area contributed by atoms with Crippen molar-refractivity contribution in [2.45, 2.75) is 6.92 Å². The van der Waals surface area contributed by atoms with Gasteiger partial charge in [-0.25, -0.2) is 9.78 Å². The maximum Gasteiger partial charge on any atom is 0.337 e.